The molecule has 0 saturated carbocycles. The number of hydrogen-bond donors (Lipinski definition) is 1. The van der Waals surface area contributed by atoms with Crippen molar-refractivity contribution < 1.29 is 19.4 Å². The van der Waals surface area contributed by atoms with Crippen molar-refractivity contribution in [3.05, 3.63) is 59.3 Å². The molecular formula is C18H16N2O4. The van der Waals surface area contributed by atoms with Gasteiger partial charge in [0.1, 0.15) is 18.0 Å². The number of carbonyl (C=O) groups is 2. The molecule has 0 aliphatic heterocycles. The highest BCUT2D eigenvalue weighted by Crippen LogP contribution is 2.23. The van der Waals surface area contributed by atoms with Gasteiger partial charge in [-0.05, 0) is 42.8 Å². The first-order chi connectivity index (χ1) is 11.5. The third-order valence-corrected chi connectivity index (χ3v) is 3.76. The Morgan fingerprint density at radius 1 is 1.17 bits per heavy atom. The Labute approximate surface area is 138 Å². The van der Waals surface area contributed by atoms with Gasteiger partial charge in [-0.2, -0.15) is 5.10 Å². The monoisotopic (exact) mass is 324 g/mol. The highest BCUT2D eigenvalue weighted by Gasteiger charge is 2.20. The van der Waals surface area contributed by atoms with E-state index in [1.54, 1.807) is 37.4 Å². The Bertz CT molecular complexity index is 926. The summed E-state index contributed by atoms with van der Waals surface area (Å²) in [6, 6.07) is 12.2. The zero-order valence-corrected chi connectivity index (χ0v) is 13.3. The number of carbonyl (C=O) groups excluding carboxylic acids is 1. The molecule has 3 aromatic rings. The molecule has 6 heteroatoms. The maximum atomic E-state index is 12.8. The first kappa shape index (κ1) is 15.7. The van der Waals surface area contributed by atoms with Crippen LogP contribution in [0.4, 0.5) is 0 Å². The zero-order chi connectivity index (χ0) is 17.3. The van der Waals surface area contributed by atoms with Gasteiger partial charge in [0.2, 0.25) is 5.78 Å². The zero-order valence-electron chi connectivity index (χ0n) is 13.3. The van der Waals surface area contributed by atoms with Gasteiger partial charge in [-0.25, -0.2) is 0 Å². The second kappa shape index (κ2) is 6.16. The van der Waals surface area contributed by atoms with Crippen LogP contribution < -0.4 is 4.74 Å². The van der Waals surface area contributed by atoms with Crippen molar-refractivity contribution in [1.82, 2.24) is 9.78 Å². The predicted octanol–water partition coefficient (Wildman–Crippen LogP) is 2.67. The van der Waals surface area contributed by atoms with Gasteiger partial charge < -0.3 is 9.84 Å². The second-order valence-corrected chi connectivity index (χ2v) is 5.48. The number of aliphatic carboxylic acids is 1. The van der Waals surface area contributed by atoms with Crippen molar-refractivity contribution in [3.8, 4) is 5.75 Å². The van der Waals surface area contributed by atoms with Gasteiger partial charge in [0.15, 0.2) is 0 Å². The summed E-state index contributed by atoms with van der Waals surface area (Å²) in [6.07, 6.45) is 0. The number of ketones is 1. The summed E-state index contributed by atoms with van der Waals surface area (Å²) in [5, 5.41) is 13.9. The van der Waals surface area contributed by atoms with Gasteiger partial charge in [-0.15, -0.1) is 0 Å². The molecule has 0 saturated heterocycles. The van der Waals surface area contributed by atoms with Gasteiger partial charge in [-0.3, -0.25) is 14.3 Å². The number of benzene rings is 2. The first-order valence-electron chi connectivity index (χ1n) is 7.37. The standard InChI is InChI=1S/C18H16N2O4/c1-11-3-8-14-15(9-11)20(10-16(21)22)19-17(14)18(23)12-4-6-13(24-2)7-5-12/h3-9H,10H2,1-2H3,(H,21,22). The fourth-order valence-electron chi connectivity index (χ4n) is 2.58. The molecular weight excluding hydrogens is 308 g/mol. The van der Waals surface area contributed by atoms with E-state index in [0.717, 1.165) is 5.56 Å². The molecule has 3 rings (SSSR count). The average molecular weight is 324 g/mol. The number of aromatic nitrogens is 2. The van der Waals surface area contributed by atoms with Crippen molar-refractivity contribution >= 4 is 22.7 Å². The number of carboxylic acid groups (broad SMARTS) is 1. The van der Waals surface area contributed by atoms with Gasteiger partial charge in [0.25, 0.3) is 0 Å². The lowest BCUT2D eigenvalue weighted by molar-refractivity contribution is -0.137. The maximum absolute atomic E-state index is 12.8. The van der Waals surface area contributed by atoms with Gasteiger partial charge in [-0.1, -0.05) is 12.1 Å². The molecule has 0 fully saturated rings. The minimum absolute atomic E-state index is 0.247. The molecule has 0 aliphatic rings. The summed E-state index contributed by atoms with van der Waals surface area (Å²) in [5.41, 5.74) is 2.32. The average Bonchev–Trinajstić information content (AvgIpc) is 2.91. The molecule has 1 heterocycles. The minimum atomic E-state index is -1.01. The smallest absolute Gasteiger partial charge is 0.325 e. The van der Waals surface area contributed by atoms with Crippen LogP contribution in [0.3, 0.4) is 0 Å². The number of nitrogens with zero attached hydrogens (tertiary/aromatic N) is 2. The van der Waals surface area contributed by atoms with Crippen molar-refractivity contribution in [2.45, 2.75) is 13.5 Å². The summed E-state index contributed by atoms with van der Waals surface area (Å²) in [4.78, 5) is 23.8. The van der Waals surface area contributed by atoms with E-state index in [1.807, 2.05) is 19.1 Å². The summed E-state index contributed by atoms with van der Waals surface area (Å²) in [5.74, 6) is -0.608. The molecule has 0 spiro atoms. The number of fused-ring (bicyclic) bond motifs is 1. The first-order valence-corrected chi connectivity index (χ1v) is 7.37. The quantitative estimate of drug-likeness (QED) is 0.730. The third-order valence-electron chi connectivity index (χ3n) is 3.76. The summed E-state index contributed by atoms with van der Waals surface area (Å²) >= 11 is 0. The molecule has 1 aromatic heterocycles. The Hall–Kier alpha value is -3.15. The van der Waals surface area contributed by atoms with Gasteiger partial charge >= 0.3 is 5.97 Å². The van der Waals surface area contributed by atoms with Crippen molar-refractivity contribution in [1.29, 1.82) is 0 Å². The van der Waals surface area contributed by atoms with Crippen LogP contribution in [-0.2, 0) is 11.3 Å². The number of aryl methyl sites for hydroxylation is 1. The van der Waals surface area contributed by atoms with E-state index in [0.29, 0.717) is 22.2 Å². The SMILES string of the molecule is COc1ccc(C(=O)c2nn(CC(=O)O)c3cc(C)ccc23)cc1. The number of carboxylic acids is 1. The number of rotatable bonds is 5. The third kappa shape index (κ3) is 2.86. The highest BCUT2D eigenvalue weighted by atomic mass is 16.5. The Morgan fingerprint density at radius 2 is 1.88 bits per heavy atom. The molecule has 24 heavy (non-hydrogen) atoms. The van der Waals surface area contributed by atoms with Crippen molar-refractivity contribution in [2.75, 3.05) is 7.11 Å². The Balaban J connectivity index is 2.10. The predicted molar refractivity (Wildman–Crippen MR) is 88.5 cm³/mol. The maximum Gasteiger partial charge on any atom is 0.325 e. The topological polar surface area (TPSA) is 81.4 Å². The lowest BCUT2D eigenvalue weighted by atomic mass is 10.0. The molecule has 0 amide bonds. The Morgan fingerprint density at radius 3 is 2.50 bits per heavy atom. The van der Waals surface area contributed by atoms with Crippen LogP contribution in [0.2, 0.25) is 0 Å². The van der Waals surface area contributed by atoms with E-state index in [2.05, 4.69) is 5.10 Å². The molecule has 0 radical (unpaired) electrons. The van der Waals surface area contributed by atoms with E-state index < -0.39 is 5.97 Å². The van der Waals surface area contributed by atoms with Crippen LogP contribution in [0.5, 0.6) is 5.75 Å². The van der Waals surface area contributed by atoms with Crippen LogP contribution in [0.1, 0.15) is 21.6 Å². The van der Waals surface area contributed by atoms with Crippen LogP contribution in [0.25, 0.3) is 10.9 Å². The number of ether oxygens (including phenoxy) is 1. The summed E-state index contributed by atoms with van der Waals surface area (Å²) in [7, 11) is 1.56. The molecule has 0 bridgehead atoms. The summed E-state index contributed by atoms with van der Waals surface area (Å²) < 4.78 is 6.44. The van der Waals surface area contributed by atoms with Crippen molar-refractivity contribution in [3.63, 3.8) is 0 Å². The molecule has 2 aromatic carbocycles. The molecule has 122 valence electrons. The molecule has 0 unspecified atom stereocenters. The minimum Gasteiger partial charge on any atom is -0.497 e. The van der Waals surface area contributed by atoms with Gasteiger partial charge in [0.05, 0.1) is 12.6 Å². The molecule has 0 atom stereocenters. The second-order valence-electron chi connectivity index (χ2n) is 5.48. The lowest BCUT2D eigenvalue weighted by Crippen LogP contribution is -2.11. The van der Waals surface area contributed by atoms with E-state index in [4.69, 9.17) is 9.84 Å². The fourth-order valence-corrected chi connectivity index (χ4v) is 2.58. The Kier molecular flexibility index (Phi) is 4.04. The van der Waals surface area contributed by atoms with E-state index in [1.165, 1.54) is 4.68 Å². The molecule has 6 nitrogen and oxygen atoms in total. The van der Waals surface area contributed by atoms with Crippen LogP contribution in [-0.4, -0.2) is 33.7 Å². The van der Waals surface area contributed by atoms with Crippen LogP contribution in [0, 0.1) is 6.92 Å². The largest absolute Gasteiger partial charge is 0.497 e. The lowest BCUT2D eigenvalue weighted by Gasteiger charge is -2.01. The van der Waals surface area contributed by atoms with Crippen molar-refractivity contribution in [2.24, 2.45) is 0 Å². The van der Waals surface area contributed by atoms with E-state index in [-0.39, 0.29) is 18.0 Å². The van der Waals surface area contributed by atoms with Crippen LogP contribution in [0.15, 0.2) is 42.5 Å². The van der Waals surface area contributed by atoms with E-state index in [9.17, 15) is 9.59 Å². The van der Waals surface area contributed by atoms with Crippen LogP contribution >= 0.6 is 0 Å². The highest BCUT2D eigenvalue weighted by molar-refractivity contribution is 6.15. The normalized spacial score (nSPS) is 10.8. The van der Waals surface area contributed by atoms with E-state index >= 15 is 0 Å². The molecule has 0 aliphatic carbocycles. The molecule has 1 N–H and O–H groups in total. The summed E-state index contributed by atoms with van der Waals surface area (Å²) in [6.45, 7) is 1.61. The number of methoxy groups -OCH3 is 1. The number of hydrogen-bond acceptors (Lipinski definition) is 4. The van der Waals surface area contributed by atoms with Gasteiger partial charge in [0, 0.05) is 10.9 Å². The fraction of sp³-hybridized carbons (Fsp3) is 0.167.